The van der Waals surface area contributed by atoms with Crippen molar-refractivity contribution in [3.8, 4) is 0 Å². The van der Waals surface area contributed by atoms with Gasteiger partial charge in [-0.05, 0) is 30.0 Å². The second-order valence-electron chi connectivity index (χ2n) is 4.58. The van der Waals surface area contributed by atoms with E-state index in [9.17, 15) is 4.79 Å². The molecule has 0 aromatic heterocycles. The lowest BCUT2D eigenvalue weighted by atomic mass is 10.1. The monoisotopic (exact) mass is 316 g/mol. The SMILES string of the molecule is CSC1=NC(c2ccccc2)C(=O)N1c1cccc(Cl)c1. The van der Waals surface area contributed by atoms with E-state index in [1.165, 1.54) is 11.8 Å². The molecule has 0 saturated carbocycles. The highest BCUT2D eigenvalue weighted by Gasteiger charge is 2.36. The van der Waals surface area contributed by atoms with Crippen LogP contribution in [0.2, 0.25) is 5.02 Å². The Morgan fingerprint density at radius 2 is 1.90 bits per heavy atom. The third-order valence-electron chi connectivity index (χ3n) is 3.25. The summed E-state index contributed by atoms with van der Waals surface area (Å²) < 4.78 is 0. The highest BCUT2D eigenvalue weighted by atomic mass is 35.5. The van der Waals surface area contributed by atoms with Gasteiger partial charge in [0.25, 0.3) is 5.91 Å². The number of amides is 1. The van der Waals surface area contributed by atoms with Crippen molar-refractivity contribution in [2.45, 2.75) is 6.04 Å². The summed E-state index contributed by atoms with van der Waals surface area (Å²) in [5, 5.41) is 1.29. The molecular formula is C16H13ClN2OS. The number of carbonyl (C=O) groups is 1. The van der Waals surface area contributed by atoms with E-state index in [1.54, 1.807) is 17.0 Å². The number of hydrogen-bond acceptors (Lipinski definition) is 3. The summed E-state index contributed by atoms with van der Waals surface area (Å²) in [6, 6.07) is 16.4. The van der Waals surface area contributed by atoms with Gasteiger partial charge in [0.1, 0.15) is 0 Å². The molecule has 1 unspecified atom stereocenters. The molecule has 5 heteroatoms. The molecule has 1 heterocycles. The quantitative estimate of drug-likeness (QED) is 0.834. The largest absolute Gasteiger partial charge is 0.271 e. The van der Waals surface area contributed by atoms with E-state index in [-0.39, 0.29) is 5.91 Å². The Labute approximate surface area is 132 Å². The van der Waals surface area contributed by atoms with Gasteiger partial charge in [-0.15, -0.1) is 0 Å². The molecule has 106 valence electrons. The normalized spacial score (nSPS) is 18.0. The first-order valence-electron chi connectivity index (χ1n) is 6.47. The van der Waals surface area contributed by atoms with Gasteiger partial charge >= 0.3 is 0 Å². The molecule has 2 aromatic carbocycles. The summed E-state index contributed by atoms with van der Waals surface area (Å²) >= 11 is 7.49. The van der Waals surface area contributed by atoms with Gasteiger partial charge in [-0.25, -0.2) is 4.99 Å². The fourth-order valence-corrected chi connectivity index (χ4v) is 3.06. The van der Waals surface area contributed by atoms with Crippen LogP contribution in [-0.2, 0) is 4.79 Å². The van der Waals surface area contributed by atoms with E-state index in [0.717, 1.165) is 11.3 Å². The van der Waals surface area contributed by atoms with Gasteiger partial charge in [-0.3, -0.25) is 9.69 Å². The van der Waals surface area contributed by atoms with Crippen LogP contribution in [0.5, 0.6) is 0 Å². The zero-order valence-corrected chi connectivity index (χ0v) is 12.9. The number of hydrogen-bond donors (Lipinski definition) is 0. The second-order valence-corrected chi connectivity index (χ2v) is 5.79. The van der Waals surface area contributed by atoms with Crippen LogP contribution in [0.4, 0.5) is 5.69 Å². The predicted octanol–water partition coefficient (Wildman–Crippen LogP) is 4.15. The fraction of sp³-hybridized carbons (Fsp3) is 0.125. The van der Waals surface area contributed by atoms with E-state index in [2.05, 4.69) is 4.99 Å². The predicted molar refractivity (Wildman–Crippen MR) is 89.1 cm³/mol. The van der Waals surface area contributed by atoms with Gasteiger partial charge in [0, 0.05) is 5.02 Å². The zero-order chi connectivity index (χ0) is 14.8. The average Bonchev–Trinajstić information content (AvgIpc) is 2.85. The van der Waals surface area contributed by atoms with Gasteiger partial charge in [0.05, 0.1) is 5.69 Å². The highest BCUT2D eigenvalue weighted by molar-refractivity contribution is 8.13. The van der Waals surface area contributed by atoms with Crippen molar-refractivity contribution >= 4 is 40.1 Å². The minimum Gasteiger partial charge on any atom is -0.271 e. The summed E-state index contributed by atoms with van der Waals surface area (Å²) in [5.74, 6) is -0.0483. The molecule has 0 spiro atoms. The summed E-state index contributed by atoms with van der Waals surface area (Å²) in [5.41, 5.74) is 1.65. The molecule has 2 aromatic rings. The van der Waals surface area contributed by atoms with Crippen molar-refractivity contribution < 1.29 is 4.79 Å². The van der Waals surface area contributed by atoms with Gasteiger partial charge in [-0.2, -0.15) is 0 Å². The molecule has 0 saturated heterocycles. The van der Waals surface area contributed by atoms with Gasteiger partial charge in [0.15, 0.2) is 11.2 Å². The third-order valence-corrected chi connectivity index (χ3v) is 4.14. The molecule has 0 bridgehead atoms. The molecule has 0 N–H and O–H groups in total. The maximum Gasteiger partial charge on any atom is 0.262 e. The molecule has 0 aliphatic carbocycles. The summed E-state index contributed by atoms with van der Waals surface area (Å²) in [7, 11) is 0. The van der Waals surface area contributed by atoms with Crippen LogP contribution >= 0.6 is 23.4 Å². The molecule has 3 rings (SSSR count). The van der Waals surface area contributed by atoms with Crippen molar-refractivity contribution in [1.29, 1.82) is 0 Å². The number of carbonyl (C=O) groups excluding carboxylic acids is 1. The molecule has 1 aliphatic heterocycles. The Morgan fingerprint density at radius 3 is 2.57 bits per heavy atom. The number of amidine groups is 1. The summed E-state index contributed by atoms with van der Waals surface area (Å²) in [4.78, 5) is 18.9. The summed E-state index contributed by atoms with van der Waals surface area (Å²) in [6.07, 6.45) is 1.91. The Kier molecular flexibility index (Phi) is 3.99. The molecule has 3 nitrogen and oxygen atoms in total. The van der Waals surface area contributed by atoms with E-state index in [0.29, 0.717) is 10.2 Å². The van der Waals surface area contributed by atoms with Crippen LogP contribution in [0.15, 0.2) is 59.6 Å². The van der Waals surface area contributed by atoms with E-state index in [4.69, 9.17) is 11.6 Å². The van der Waals surface area contributed by atoms with Gasteiger partial charge in [-0.1, -0.05) is 59.8 Å². The van der Waals surface area contributed by atoms with Crippen LogP contribution in [0.25, 0.3) is 0 Å². The molecule has 21 heavy (non-hydrogen) atoms. The van der Waals surface area contributed by atoms with E-state index in [1.807, 2.05) is 48.7 Å². The number of aliphatic imine (C=N–C) groups is 1. The second kappa shape index (κ2) is 5.92. The molecule has 0 radical (unpaired) electrons. The number of nitrogens with zero attached hydrogens (tertiary/aromatic N) is 2. The lowest BCUT2D eigenvalue weighted by molar-refractivity contribution is -0.118. The van der Waals surface area contributed by atoms with E-state index < -0.39 is 6.04 Å². The first-order valence-corrected chi connectivity index (χ1v) is 8.07. The maximum absolute atomic E-state index is 12.7. The minimum atomic E-state index is -0.479. The lowest BCUT2D eigenvalue weighted by Crippen LogP contribution is -2.31. The minimum absolute atomic E-state index is 0.0483. The Hall–Kier alpha value is -1.78. The van der Waals surface area contributed by atoms with Crippen molar-refractivity contribution in [2.75, 3.05) is 11.2 Å². The molecular weight excluding hydrogens is 304 g/mol. The Morgan fingerprint density at radius 1 is 1.14 bits per heavy atom. The third kappa shape index (κ3) is 2.69. The maximum atomic E-state index is 12.7. The lowest BCUT2D eigenvalue weighted by Gasteiger charge is -2.18. The van der Waals surface area contributed by atoms with Crippen LogP contribution in [0.3, 0.4) is 0 Å². The van der Waals surface area contributed by atoms with Crippen molar-refractivity contribution in [2.24, 2.45) is 4.99 Å². The van der Waals surface area contributed by atoms with Crippen molar-refractivity contribution in [1.82, 2.24) is 0 Å². The van der Waals surface area contributed by atoms with Crippen molar-refractivity contribution in [3.63, 3.8) is 0 Å². The van der Waals surface area contributed by atoms with Gasteiger partial charge in [0.2, 0.25) is 0 Å². The van der Waals surface area contributed by atoms with Gasteiger partial charge < -0.3 is 0 Å². The first kappa shape index (κ1) is 14.2. The van der Waals surface area contributed by atoms with E-state index >= 15 is 0 Å². The summed E-state index contributed by atoms with van der Waals surface area (Å²) in [6.45, 7) is 0. The first-order chi connectivity index (χ1) is 10.2. The van der Waals surface area contributed by atoms with Crippen molar-refractivity contribution in [3.05, 3.63) is 65.2 Å². The van der Waals surface area contributed by atoms with Crippen LogP contribution in [-0.4, -0.2) is 17.3 Å². The number of halogens is 1. The molecule has 1 aliphatic rings. The average molecular weight is 317 g/mol. The number of rotatable bonds is 2. The number of thioether (sulfide) groups is 1. The zero-order valence-electron chi connectivity index (χ0n) is 11.4. The Bertz CT molecular complexity index is 702. The van der Waals surface area contributed by atoms with Crippen LogP contribution in [0.1, 0.15) is 11.6 Å². The van der Waals surface area contributed by atoms with Crippen LogP contribution < -0.4 is 4.90 Å². The molecule has 0 fully saturated rings. The molecule has 1 atom stereocenters. The highest BCUT2D eigenvalue weighted by Crippen LogP contribution is 2.33. The standard InChI is InChI=1S/C16H13ClN2OS/c1-21-16-18-14(11-6-3-2-4-7-11)15(20)19(16)13-9-5-8-12(17)10-13/h2-10,14H,1H3. The molecule has 1 amide bonds. The topological polar surface area (TPSA) is 32.7 Å². The fourth-order valence-electron chi connectivity index (χ4n) is 2.29. The van der Waals surface area contributed by atoms with Crippen LogP contribution in [0, 0.1) is 0 Å². The number of anilines is 1. The Balaban J connectivity index is 2.00. The smallest absolute Gasteiger partial charge is 0.262 e. The number of benzene rings is 2.